The molecule has 0 aliphatic rings. The van der Waals surface area contributed by atoms with Gasteiger partial charge in [0.1, 0.15) is 11.8 Å². The molecule has 8 heteroatoms. The molecule has 3 rings (SSSR count). The third kappa shape index (κ3) is 6.81. The van der Waals surface area contributed by atoms with Crippen LogP contribution in [0.1, 0.15) is 31.0 Å². The van der Waals surface area contributed by atoms with Gasteiger partial charge in [-0.2, -0.15) is 4.72 Å². The number of amides is 1. The van der Waals surface area contributed by atoms with Crippen LogP contribution in [0, 0.1) is 0 Å². The molecule has 0 spiro atoms. The highest BCUT2D eigenvalue weighted by Crippen LogP contribution is 2.27. The van der Waals surface area contributed by atoms with E-state index in [1.807, 2.05) is 74.5 Å². The maximum absolute atomic E-state index is 13.2. The Kier molecular flexibility index (Phi) is 8.49. The van der Waals surface area contributed by atoms with Crippen molar-refractivity contribution in [2.75, 3.05) is 6.61 Å². The molecule has 0 fully saturated rings. The second-order valence-corrected chi connectivity index (χ2v) is 9.65. The molecule has 174 valence electrons. The molecule has 33 heavy (non-hydrogen) atoms. The number of hydrogen-bond donors (Lipinski definition) is 2. The standard InChI is InChI=1S/C25H27ClN2O4S/c1-3-32-24-15-14-21(17-22(24)26)33(30,31)28-23(16-19-10-6-4-7-11-19)25(29)27-18(2)20-12-8-5-9-13-20/h4-15,17-18,23,28H,3,16H2,1-2H3,(H,27,29)/t18-,23+/m1/s1. The van der Waals surface area contributed by atoms with Gasteiger partial charge in [0.15, 0.2) is 0 Å². The lowest BCUT2D eigenvalue weighted by Crippen LogP contribution is -2.48. The van der Waals surface area contributed by atoms with Gasteiger partial charge in [-0.1, -0.05) is 72.3 Å². The molecule has 1 amide bonds. The quantitative estimate of drug-likeness (QED) is 0.441. The van der Waals surface area contributed by atoms with Crippen LogP contribution in [-0.2, 0) is 21.2 Å². The fourth-order valence-corrected chi connectivity index (χ4v) is 4.87. The molecule has 0 aliphatic carbocycles. The molecule has 0 saturated heterocycles. The van der Waals surface area contributed by atoms with Crippen molar-refractivity contribution in [1.82, 2.24) is 10.0 Å². The summed E-state index contributed by atoms with van der Waals surface area (Å²) < 4.78 is 34.2. The zero-order valence-electron chi connectivity index (χ0n) is 18.5. The van der Waals surface area contributed by atoms with E-state index in [0.717, 1.165) is 11.1 Å². The number of sulfonamides is 1. The van der Waals surface area contributed by atoms with Gasteiger partial charge in [-0.15, -0.1) is 0 Å². The van der Waals surface area contributed by atoms with E-state index in [2.05, 4.69) is 10.0 Å². The van der Waals surface area contributed by atoms with Gasteiger partial charge in [0, 0.05) is 0 Å². The summed E-state index contributed by atoms with van der Waals surface area (Å²) in [4.78, 5) is 13.1. The first kappa shape index (κ1) is 24.8. The number of nitrogens with one attached hydrogen (secondary N) is 2. The van der Waals surface area contributed by atoms with Crippen LogP contribution in [0.5, 0.6) is 5.75 Å². The lowest BCUT2D eigenvalue weighted by molar-refractivity contribution is -0.123. The molecular weight excluding hydrogens is 460 g/mol. The second-order valence-electron chi connectivity index (χ2n) is 7.53. The van der Waals surface area contributed by atoms with E-state index in [1.165, 1.54) is 18.2 Å². The Morgan fingerprint density at radius 2 is 1.64 bits per heavy atom. The summed E-state index contributed by atoms with van der Waals surface area (Å²) in [6, 6.07) is 21.7. The monoisotopic (exact) mass is 486 g/mol. The van der Waals surface area contributed by atoms with Crippen LogP contribution in [0.2, 0.25) is 5.02 Å². The highest BCUT2D eigenvalue weighted by atomic mass is 35.5. The molecule has 3 aromatic rings. The second kappa shape index (κ2) is 11.3. The third-order valence-corrected chi connectivity index (χ3v) is 6.83. The molecule has 0 unspecified atom stereocenters. The van der Waals surface area contributed by atoms with Crippen LogP contribution in [0.4, 0.5) is 0 Å². The Bertz CT molecular complexity index is 1170. The van der Waals surface area contributed by atoms with Crippen molar-refractivity contribution in [1.29, 1.82) is 0 Å². The van der Waals surface area contributed by atoms with Crippen molar-refractivity contribution in [3.8, 4) is 5.75 Å². The summed E-state index contributed by atoms with van der Waals surface area (Å²) in [6.45, 7) is 4.07. The molecular formula is C25H27ClN2O4S. The third-order valence-electron chi connectivity index (χ3n) is 5.07. The number of rotatable bonds is 10. The number of benzene rings is 3. The number of carbonyl (C=O) groups is 1. The maximum Gasteiger partial charge on any atom is 0.241 e. The molecule has 2 atom stereocenters. The fourth-order valence-electron chi connectivity index (χ4n) is 3.35. The van der Waals surface area contributed by atoms with Gasteiger partial charge in [-0.05, 0) is 49.6 Å². The first-order valence-corrected chi connectivity index (χ1v) is 12.5. The highest BCUT2D eigenvalue weighted by molar-refractivity contribution is 7.89. The predicted octanol–water partition coefficient (Wildman–Crippen LogP) is 4.51. The van der Waals surface area contributed by atoms with Gasteiger partial charge in [-0.25, -0.2) is 8.42 Å². The normalized spacial score (nSPS) is 13.2. The van der Waals surface area contributed by atoms with Crippen LogP contribution in [0.3, 0.4) is 0 Å². The molecule has 0 radical (unpaired) electrons. The van der Waals surface area contributed by atoms with Gasteiger partial charge in [0.25, 0.3) is 0 Å². The Balaban J connectivity index is 1.84. The van der Waals surface area contributed by atoms with E-state index in [4.69, 9.17) is 16.3 Å². The molecule has 0 aliphatic heterocycles. The van der Waals surface area contributed by atoms with Crippen molar-refractivity contribution in [3.63, 3.8) is 0 Å². The van der Waals surface area contributed by atoms with Crippen LogP contribution in [0.25, 0.3) is 0 Å². The Hall–Kier alpha value is -2.87. The average molecular weight is 487 g/mol. The van der Waals surface area contributed by atoms with Crippen LogP contribution in [0.15, 0.2) is 83.8 Å². The first-order valence-electron chi connectivity index (χ1n) is 10.6. The van der Waals surface area contributed by atoms with Crippen molar-refractivity contribution in [2.45, 2.75) is 37.2 Å². The maximum atomic E-state index is 13.2. The molecule has 0 saturated carbocycles. The molecule has 6 nitrogen and oxygen atoms in total. The summed E-state index contributed by atoms with van der Waals surface area (Å²) in [5.41, 5.74) is 1.75. The molecule has 2 N–H and O–H groups in total. The summed E-state index contributed by atoms with van der Waals surface area (Å²) in [5.74, 6) is -0.0239. The number of ether oxygens (including phenoxy) is 1. The fraction of sp³-hybridized carbons (Fsp3) is 0.240. The van der Waals surface area contributed by atoms with Crippen molar-refractivity contribution in [2.24, 2.45) is 0 Å². The molecule has 0 bridgehead atoms. The van der Waals surface area contributed by atoms with Crippen LogP contribution in [-0.4, -0.2) is 27.0 Å². The SMILES string of the molecule is CCOc1ccc(S(=O)(=O)N[C@@H](Cc2ccccc2)C(=O)N[C@H](C)c2ccccc2)cc1Cl. The predicted molar refractivity (Wildman–Crippen MR) is 130 cm³/mol. The van der Waals surface area contributed by atoms with E-state index in [1.54, 1.807) is 0 Å². The minimum absolute atomic E-state index is 0.0436. The summed E-state index contributed by atoms with van der Waals surface area (Å²) in [6.07, 6.45) is 0.193. The average Bonchev–Trinajstić information content (AvgIpc) is 2.81. The largest absolute Gasteiger partial charge is 0.492 e. The summed E-state index contributed by atoms with van der Waals surface area (Å²) >= 11 is 6.18. The number of carbonyl (C=O) groups excluding carboxylic acids is 1. The lowest BCUT2D eigenvalue weighted by Gasteiger charge is -2.22. The van der Waals surface area contributed by atoms with E-state index >= 15 is 0 Å². The first-order chi connectivity index (χ1) is 15.8. The van der Waals surface area contributed by atoms with Gasteiger partial charge in [0.2, 0.25) is 15.9 Å². The number of halogens is 1. The van der Waals surface area contributed by atoms with Gasteiger partial charge < -0.3 is 10.1 Å². The minimum Gasteiger partial charge on any atom is -0.492 e. The lowest BCUT2D eigenvalue weighted by atomic mass is 10.0. The van der Waals surface area contributed by atoms with Crippen molar-refractivity contribution in [3.05, 3.63) is 95.0 Å². The highest BCUT2D eigenvalue weighted by Gasteiger charge is 2.27. The topological polar surface area (TPSA) is 84.5 Å². The van der Waals surface area contributed by atoms with E-state index in [-0.39, 0.29) is 22.4 Å². The Morgan fingerprint density at radius 1 is 1.00 bits per heavy atom. The van der Waals surface area contributed by atoms with Crippen molar-refractivity contribution >= 4 is 27.5 Å². The van der Waals surface area contributed by atoms with Crippen LogP contribution < -0.4 is 14.8 Å². The summed E-state index contributed by atoms with van der Waals surface area (Å²) in [5, 5.41) is 3.10. The molecule has 0 aromatic heterocycles. The van der Waals surface area contributed by atoms with Gasteiger partial charge in [0.05, 0.1) is 22.6 Å². The molecule has 0 heterocycles. The Labute approximate surface area is 200 Å². The zero-order chi connectivity index (χ0) is 23.8. The van der Waals surface area contributed by atoms with E-state index in [0.29, 0.717) is 12.4 Å². The smallest absolute Gasteiger partial charge is 0.241 e. The zero-order valence-corrected chi connectivity index (χ0v) is 20.1. The van der Waals surface area contributed by atoms with E-state index < -0.39 is 22.0 Å². The van der Waals surface area contributed by atoms with Crippen molar-refractivity contribution < 1.29 is 17.9 Å². The van der Waals surface area contributed by atoms with Gasteiger partial charge >= 0.3 is 0 Å². The van der Waals surface area contributed by atoms with Crippen LogP contribution >= 0.6 is 11.6 Å². The molecule has 3 aromatic carbocycles. The number of hydrogen-bond acceptors (Lipinski definition) is 4. The van der Waals surface area contributed by atoms with Gasteiger partial charge in [-0.3, -0.25) is 4.79 Å². The minimum atomic E-state index is -4.03. The Morgan fingerprint density at radius 3 is 2.24 bits per heavy atom. The summed E-state index contributed by atoms with van der Waals surface area (Å²) in [7, 11) is -4.03. The van der Waals surface area contributed by atoms with E-state index in [9.17, 15) is 13.2 Å².